The van der Waals surface area contributed by atoms with Crippen LogP contribution in [0.4, 0.5) is 0 Å². The number of carbonyl (C=O) groups is 1. The summed E-state index contributed by atoms with van der Waals surface area (Å²) in [6, 6.07) is 1.77. The number of aryl methyl sites for hydroxylation is 2. The largest absolute Gasteiger partial charge is 0.336 e. The average molecular weight is 391 g/mol. The van der Waals surface area contributed by atoms with Crippen molar-refractivity contribution in [1.29, 1.82) is 0 Å². The fourth-order valence-electron chi connectivity index (χ4n) is 2.76. The lowest BCUT2D eigenvalue weighted by atomic mass is 10.2. The average Bonchev–Trinajstić information content (AvgIpc) is 3.05. The summed E-state index contributed by atoms with van der Waals surface area (Å²) in [4.78, 5) is 18.7. The van der Waals surface area contributed by atoms with Gasteiger partial charge in [0.05, 0.1) is 10.2 Å². The van der Waals surface area contributed by atoms with Crippen LogP contribution in [0.25, 0.3) is 5.65 Å². The molecule has 1 amide bonds. The van der Waals surface area contributed by atoms with E-state index in [0.29, 0.717) is 22.4 Å². The fourth-order valence-corrected chi connectivity index (χ4v) is 3.29. The number of hydrogen-bond acceptors (Lipinski definition) is 4. The first-order chi connectivity index (χ1) is 11.4. The molecule has 7 nitrogen and oxygen atoms in total. The highest BCUT2D eigenvalue weighted by atomic mass is 79.9. The van der Waals surface area contributed by atoms with Gasteiger partial charge < -0.3 is 4.90 Å². The van der Waals surface area contributed by atoms with Gasteiger partial charge in [-0.05, 0) is 42.8 Å². The molecule has 0 fully saturated rings. The molecule has 0 atom stereocenters. The molecule has 3 aromatic heterocycles. The highest BCUT2D eigenvalue weighted by Gasteiger charge is 2.23. The molecule has 24 heavy (non-hydrogen) atoms. The minimum Gasteiger partial charge on any atom is -0.336 e. The van der Waals surface area contributed by atoms with Crippen LogP contribution >= 0.6 is 15.9 Å². The maximum Gasteiger partial charge on any atom is 0.275 e. The van der Waals surface area contributed by atoms with E-state index in [0.717, 1.165) is 23.5 Å². The van der Waals surface area contributed by atoms with E-state index in [2.05, 4.69) is 38.0 Å². The Morgan fingerprint density at radius 3 is 2.71 bits per heavy atom. The fraction of sp³-hybridized carbons (Fsp3) is 0.375. The van der Waals surface area contributed by atoms with Crippen molar-refractivity contribution in [3.8, 4) is 0 Å². The van der Waals surface area contributed by atoms with Crippen LogP contribution in [-0.2, 0) is 13.1 Å². The predicted octanol–water partition coefficient (Wildman–Crippen LogP) is 2.60. The molecule has 126 valence electrons. The minimum absolute atomic E-state index is 0.157. The summed E-state index contributed by atoms with van der Waals surface area (Å²) in [7, 11) is 1.77. The Labute approximate surface area is 148 Å². The zero-order chi connectivity index (χ0) is 17.4. The van der Waals surface area contributed by atoms with Crippen molar-refractivity contribution in [3.05, 3.63) is 45.6 Å². The molecule has 0 aliphatic heterocycles. The SMILES string of the molecule is CCn1nc(C)c(CN(C)C(=O)c2nn3cccnc3c2Br)c1C. The molecular weight excluding hydrogens is 372 g/mol. The molecule has 3 rings (SSSR count). The van der Waals surface area contributed by atoms with Crippen molar-refractivity contribution >= 4 is 27.5 Å². The molecule has 0 saturated heterocycles. The van der Waals surface area contributed by atoms with Gasteiger partial charge in [-0.1, -0.05) is 0 Å². The number of amides is 1. The van der Waals surface area contributed by atoms with Crippen LogP contribution in [0.1, 0.15) is 34.4 Å². The van der Waals surface area contributed by atoms with Crippen molar-refractivity contribution in [2.45, 2.75) is 33.9 Å². The normalized spacial score (nSPS) is 11.2. The zero-order valence-electron chi connectivity index (χ0n) is 14.1. The van der Waals surface area contributed by atoms with Gasteiger partial charge in [-0.15, -0.1) is 0 Å². The van der Waals surface area contributed by atoms with E-state index in [-0.39, 0.29) is 5.91 Å². The Bertz CT molecular complexity index is 913. The van der Waals surface area contributed by atoms with Gasteiger partial charge >= 0.3 is 0 Å². The maximum atomic E-state index is 12.8. The monoisotopic (exact) mass is 390 g/mol. The first kappa shape index (κ1) is 16.6. The van der Waals surface area contributed by atoms with Crippen LogP contribution in [0, 0.1) is 13.8 Å². The van der Waals surface area contributed by atoms with Crippen molar-refractivity contribution in [2.75, 3.05) is 7.05 Å². The van der Waals surface area contributed by atoms with E-state index in [9.17, 15) is 4.79 Å². The first-order valence-electron chi connectivity index (χ1n) is 7.71. The number of carbonyl (C=O) groups excluding carboxylic acids is 1. The van der Waals surface area contributed by atoms with Gasteiger partial charge in [0.1, 0.15) is 0 Å². The second-order valence-electron chi connectivity index (χ2n) is 5.68. The molecule has 8 heteroatoms. The summed E-state index contributed by atoms with van der Waals surface area (Å²) in [6.45, 7) is 7.36. The number of nitrogens with zero attached hydrogens (tertiary/aromatic N) is 6. The molecule has 0 aliphatic rings. The van der Waals surface area contributed by atoms with Gasteiger partial charge in [-0.25, -0.2) is 9.50 Å². The first-order valence-corrected chi connectivity index (χ1v) is 8.50. The summed E-state index contributed by atoms with van der Waals surface area (Å²) >= 11 is 3.44. The molecule has 0 aliphatic carbocycles. The summed E-state index contributed by atoms with van der Waals surface area (Å²) < 4.78 is 4.16. The lowest BCUT2D eigenvalue weighted by molar-refractivity contribution is 0.0777. The van der Waals surface area contributed by atoms with Crippen LogP contribution in [0.5, 0.6) is 0 Å². The minimum atomic E-state index is -0.157. The third kappa shape index (κ3) is 2.71. The Balaban J connectivity index is 1.89. The Hall–Kier alpha value is -2.22. The highest BCUT2D eigenvalue weighted by Crippen LogP contribution is 2.23. The number of hydrogen-bond donors (Lipinski definition) is 0. The second kappa shape index (κ2) is 6.35. The summed E-state index contributed by atoms with van der Waals surface area (Å²) in [5.41, 5.74) is 4.09. The predicted molar refractivity (Wildman–Crippen MR) is 93.9 cm³/mol. The van der Waals surface area contributed by atoms with Crippen LogP contribution in [0.3, 0.4) is 0 Å². The molecule has 3 heterocycles. The van der Waals surface area contributed by atoms with Crippen LogP contribution in [0.2, 0.25) is 0 Å². The number of aromatic nitrogens is 5. The molecule has 0 unspecified atom stereocenters. The lowest BCUT2D eigenvalue weighted by Crippen LogP contribution is -2.27. The zero-order valence-corrected chi connectivity index (χ0v) is 15.7. The molecule has 0 N–H and O–H groups in total. The molecule has 0 radical (unpaired) electrons. The van der Waals surface area contributed by atoms with Gasteiger partial charge in [0.25, 0.3) is 5.91 Å². The maximum absolute atomic E-state index is 12.8. The molecule has 0 bridgehead atoms. The van der Waals surface area contributed by atoms with E-state index in [1.54, 1.807) is 34.9 Å². The lowest BCUT2D eigenvalue weighted by Gasteiger charge is -2.16. The number of fused-ring (bicyclic) bond motifs is 1. The Kier molecular flexibility index (Phi) is 4.40. The topological polar surface area (TPSA) is 68.3 Å². The van der Waals surface area contributed by atoms with Crippen molar-refractivity contribution in [1.82, 2.24) is 29.3 Å². The van der Waals surface area contributed by atoms with Gasteiger partial charge in [-0.3, -0.25) is 9.48 Å². The Morgan fingerprint density at radius 1 is 1.33 bits per heavy atom. The Morgan fingerprint density at radius 2 is 2.08 bits per heavy atom. The summed E-state index contributed by atoms with van der Waals surface area (Å²) in [5, 5.41) is 8.84. The molecular formula is C16H19BrN6O. The van der Waals surface area contributed by atoms with Crippen LogP contribution in [-0.4, -0.2) is 42.2 Å². The number of rotatable bonds is 4. The molecule has 0 saturated carbocycles. The van der Waals surface area contributed by atoms with Crippen molar-refractivity contribution in [2.24, 2.45) is 0 Å². The van der Waals surface area contributed by atoms with E-state index < -0.39 is 0 Å². The quantitative estimate of drug-likeness (QED) is 0.686. The standard InChI is InChI=1S/C16H19BrN6O/c1-5-22-11(3)12(10(2)19-22)9-21(4)16(24)14-13(17)15-18-7-6-8-23(15)20-14/h6-8H,5,9H2,1-4H3. The van der Waals surface area contributed by atoms with Crippen molar-refractivity contribution in [3.63, 3.8) is 0 Å². The molecule has 0 aromatic carbocycles. The third-order valence-corrected chi connectivity index (χ3v) is 4.84. The molecule has 0 spiro atoms. The van der Waals surface area contributed by atoms with Crippen LogP contribution in [0.15, 0.2) is 22.9 Å². The smallest absolute Gasteiger partial charge is 0.275 e. The van der Waals surface area contributed by atoms with Gasteiger partial charge in [0, 0.05) is 43.8 Å². The van der Waals surface area contributed by atoms with Gasteiger partial charge in [-0.2, -0.15) is 10.2 Å². The number of halogens is 1. The van der Waals surface area contributed by atoms with Gasteiger partial charge in [0.2, 0.25) is 0 Å². The highest BCUT2D eigenvalue weighted by molar-refractivity contribution is 9.10. The van der Waals surface area contributed by atoms with Crippen LogP contribution < -0.4 is 0 Å². The van der Waals surface area contributed by atoms with E-state index >= 15 is 0 Å². The summed E-state index contributed by atoms with van der Waals surface area (Å²) in [6.07, 6.45) is 3.44. The van der Waals surface area contributed by atoms with Crippen molar-refractivity contribution < 1.29 is 4.79 Å². The second-order valence-corrected chi connectivity index (χ2v) is 6.47. The van der Waals surface area contributed by atoms with Gasteiger partial charge in [0.15, 0.2) is 11.3 Å². The van der Waals surface area contributed by atoms with E-state index in [4.69, 9.17) is 0 Å². The van der Waals surface area contributed by atoms with E-state index in [1.807, 2.05) is 18.5 Å². The third-order valence-electron chi connectivity index (χ3n) is 4.11. The molecule has 3 aromatic rings. The summed E-state index contributed by atoms with van der Waals surface area (Å²) in [5.74, 6) is -0.157. The van der Waals surface area contributed by atoms with E-state index in [1.165, 1.54) is 0 Å².